The Morgan fingerprint density at radius 1 is 1.24 bits per heavy atom. The van der Waals surface area contributed by atoms with E-state index in [1.54, 1.807) is 6.92 Å². The van der Waals surface area contributed by atoms with Gasteiger partial charge in [-0.1, -0.05) is 13.8 Å². The maximum Gasteiger partial charge on any atom is 0.219 e. The number of amides is 1. The molecule has 25 heavy (non-hydrogen) atoms. The molecule has 1 aliphatic heterocycles. The zero-order valence-electron chi connectivity index (χ0n) is 15.2. The summed E-state index contributed by atoms with van der Waals surface area (Å²) in [5.74, 6) is 0.929. The van der Waals surface area contributed by atoms with Crippen molar-refractivity contribution in [3.05, 3.63) is 23.8 Å². The fourth-order valence-electron chi connectivity index (χ4n) is 3.22. The molecule has 0 atom stereocenters. The Morgan fingerprint density at radius 3 is 2.16 bits per heavy atom. The summed E-state index contributed by atoms with van der Waals surface area (Å²) < 4.78 is 0. The van der Waals surface area contributed by atoms with E-state index in [-0.39, 0.29) is 17.1 Å². The zero-order chi connectivity index (χ0) is 19.0. The maximum atomic E-state index is 11.5. The van der Waals surface area contributed by atoms with Crippen molar-refractivity contribution < 1.29 is 19.5 Å². The minimum atomic E-state index is -0.528. The van der Waals surface area contributed by atoms with Gasteiger partial charge in [-0.3, -0.25) is 9.59 Å². The number of ketones is 1. The van der Waals surface area contributed by atoms with Crippen LogP contribution in [-0.4, -0.2) is 58.2 Å². The number of carbonyl (C=O) groups excluding carboxylic acids is 3. The minimum Gasteiger partial charge on any atom is -0.388 e. The number of hydrogen-bond acceptors (Lipinski definition) is 6. The van der Waals surface area contributed by atoms with E-state index in [9.17, 15) is 9.59 Å². The summed E-state index contributed by atoms with van der Waals surface area (Å²) >= 11 is 0. The lowest BCUT2D eigenvalue weighted by atomic mass is 9.67. The Hall–Kier alpha value is -2.15. The molecule has 0 bridgehead atoms. The number of hydrogen-bond donors (Lipinski definition) is 1. The Balaban J connectivity index is 0.00000151. The number of rotatable bonds is 5. The highest BCUT2D eigenvalue weighted by Crippen LogP contribution is 2.41. The Morgan fingerprint density at radius 2 is 1.76 bits per heavy atom. The second-order valence-corrected chi connectivity index (χ2v) is 6.67. The molecule has 1 aliphatic rings. The molecule has 0 unspecified atom stereocenters. The van der Waals surface area contributed by atoms with E-state index in [4.69, 9.17) is 9.90 Å². The summed E-state index contributed by atoms with van der Waals surface area (Å²) in [7, 11) is 0. The molecule has 1 aromatic rings. The van der Waals surface area contributed by atoms with E-state index >= 15 is 0 Å². The molecular weight excluding hydrogens is 322 g/mol. The molecular formula is C18H27N3O4. The monoisotopic (exact) mass is 349 g/mol. The van der Waals surface area contributed by atoms with Crippen LogP contribution in [0.3, 0.4) is 0 Å². The Labute approximate surface area is 148 Å². The third kappa shape index (κ3) is 5.16. The molecule has 1 aromatic heterocycles. The molecule has 7 nitrogen and oxygen atoms in total. The van der Waals surface area contributed by atoms with Crippen LogP contribution < -0.4 is 0 Å². The van der Waals surface area contributed by atoms with Crippen LogP contribution in [0.5, 0.6) is 0 Å². The fourth-order valence-corrected chi connectivity index (χ4v) is 3.22. The molecule has 0 aliphatic carbocycles. The summed E-state index contributed by atoms with van der Waals surface area (Å²) in [4.78, 5) is 41.4. The third-order valence-electron chi connectivity index (χ3n) is 5.11. The van der Waals surface area contributed by atoms with Crippen molar-refractivity contribution in [2.45, 2.75) is 40.0 Å². The second kappa shape index (κ2) is 9.36. The molecule has 7 heteroatoms. The summed E-state index contributed by atoms with van der Waals surface area (Å²) in [6.45, 7) is 9.03. The van der Waals surface area contributed by atoms with Crippen LogP contribution in [0, 0.1) is 11.3 Å². The van der Waals surface area contributed by atoms with E-state index in [2.05, 4.69) is 23.8 Å². The van der Waals surface area contributed by atoms with E-state index in [1.165, 1.54) is 12.4 Å². The predicted molar refractivity (Wildman–Crippen MR) is 93.0 cm³/mol. The van der Waals surface area contributed by atoms with Gasteiger partial charge in [0, 0.05) is 38.8 Å². The number of aliphatic hydroxyl groups is 1. The fraction of sp³-hybridized carbons (Fsp3) is 0.611. The molecule has 1 fully saturated rings. The summed E-state index contributed by atoms with van der Waals surface area (Å²) in [6, 6.07) is 0. The lowest BCUT2D eigenvalue weighted by molar-refractivity contribution is -0.131. The molecule has 1 saturated heterocycles. The highest BCUT2D eigenvalue weighted by Gasteiger charge is 2.38. The van der Waals surface area contributed by atoms with Gasteiger partial charge in [-0.2, -0.15) is 0 Å². The molecule has 2 rings (SSSR count). The first-order chi connectivity index (χ1) is 11.9. The first kappa shape index (κ1) is 20.9. The maximum absolute atomic E-state index is 11.5. The minimum absolute atomic E-state index is 0.0778. The van der Waals surface area contributed by atoms with Crippen molar-refractivity contribution in [3.63, 3.8) is 0 Å². The molecule has 0 spiro atoms. The van der Waals surface area contributed by atoms with Crippen LogP contribution >= 0.6 is 0 Å². The Bertz CT molecular complexity index is 578. The largest absolute Gasteiger partial charge is 0.388 e. The topological polar surface area (TPSA) is 100 Å². The first-order valence-corrected chi connectivity index (χ1v) is 8.37. The number of carbonyl (C=O) groups is 3. The van der Waals surface area contributed by atoms with E-state index < -0.39 is 6.61 Å². The lowest BCUT2D eigenvalue weighted by Gasteiger charge is -2.44. The van der Waals surface area contributed by atoms with Crippen LogP contribution in [0.1, 0.15) is 49.8 Å². The van der Waals surface area contributed by atoms with Gasteiger partial charge in [-0.25, -0.2) is 9.97 Å². The van der Waals surface area contributed by atoms with Crippen LogP contribution in [0.2, 0.25) is 0 Å². The van der Waals surface area contributed by atoms with Crippen molar-refractivity contribution in [1.82, 2.24) is 14.9 Å². The molecule has 0 radical (unpaired) electrons. The van der Waals surface area contributed by atoms with E-state index in [0.717, 1.165) is 32.4 Å². The van der Waals surface area contributed by atoms with Crippen LogP contribution in [-0.2, 0) is 16.0 Å². The second-order valence-electron chi connectivity index (χ2n) is 6.67. The van der Waals surface area contributed by atoms with Gasteiger partial charge in [0.2, 0.25) is 5.91 Å². The van der Waals surface area contributed by atoms with Gasteiger partial charge in [-0.15, -0.1) is 0 Å². The number of nitrogens with zero attached hydrogens (tertiary/aromatic N) is 3. The van der Waals surface area contributed by atoms with Crippen LogP contribution in [0.15, 0.2) is 12.4 Å². The number of likely N-dealkylation sites (tertiary alicyclic amines) is 1. The highest BCUT2D eigenvalue weighted by atomic mass is 16.3. The summed E-state index contributed by atoms with van der Waals surface area (Å²) in [5.41, 5.74) is 0.412. The standard InChI is InChI=1S/C17H25N3O3.CH2O/c1-12(2)17(4-6-20(7-5-17)13(3)22)8-16-18-9-14(10-19-16)15(23)11-21;1-2/h9-10,12,21H,4-8,11H2,1-3H3;1H2. The van der Waals surface area contributed by atoms with Crippen molar-refractivity contribution in [1.29, 1.82) is 0 Å². The molecule has 138 valence electrons. The van der Waals surface area contributed by atoms with E-state index in [1.807, 2.05) is 11.7 Å². The number of aliphatic hydroxyl groups excluding tert-OH is 1. The SMILES string of the molecule is C=O.CC(=O)N1CCC(Cc2ncc(C(=O)CO)cn2)(C(C)C)CC1. The number of piperidine rings is 1. The van der Waals surface area contributed by atoms with Crippen LogP contribution in [0.4, 0.5) is 0 Å². The average molecular weight is 349 g/mol. The molecule has 1 amide bonds. The normalized spacial score (nSPS) is 16.1. The quantitative estimate of drug-likeness (QED) is 0.804. The van der Waals surface area contributed by atoms with Crippen molar-refractivity contribution >= 4 is 18.5 Å². The Kier molecular flexibility index (Phi) is 7.83. The highest BCUT2D eigenvalue weighted by molar-refractivity contribution is 5.96. The van der Waals surface area contributed by atoms with Gasteiger partial charge in [0.25, 0.3) is 0 Å². The van der Waals surface area contributed by atoms with E-state index in [0.29, 0.717) is 17.3 Å². The molecule has 1 N–H and O–H groups in total. The van der Waals surface area contributed by atoms with Crippen molar-refractivity contribution in [2.24, 2.45) is 11.3 Å². The van der Waals surface area contributed by atoms with Gasteiger partial charge in [0.05, 0.1) is 5.56 Å². The average Bonchev–Trinajstić information content (AvgIpc) is 2.63. The molecule has 2 heterocycles. The predicted octanol–water partition coefficient (Wildman–Crippen LogP) is 1.29. The molecule has 0 aromatic carbocycles. The number of aromatic nitrogens is 2. The van der Waals surface area contributed by atoms with Gasteiger partial charge in [0.1, 0.15) is 19.2 Å². The first-order valence-electron chi connectivity index (χ1n) is 8.37. The van der Waals surface area contributed by atoms with Gasteiger partial charge in [0.15, 0.2) is 5.78 Å². The third-order valence-corrected chi connectivity index (χ3v) is 5.11. The van der Waals surface area contributed by atoms with Gasteiger partial charge < -0.3 is 14.8 Å². The molecule has 0 saturated carbocycles. The summed E-state index contributed by atoms with van der Waals surface area (Å²) in [6.07, 6.45) is 5.58. The smallest absolute Gasteiger partial charge is 0.219 e. The number of Topliss-reactive ketones (excluding diaryl/α,β-unsaturated/α-hetero) is 1. The van der Waals surface area contributed by atoms with Gasteiger partial charge >= 0.3 is 0 Å². The lowest BCUT2D eigenvalue weighted by Crippen LogP contribution is -2.45. The van der Waals surface area contributed by atoms with Crippen molar-refractivity contribution in [3.8, 4) is 0 Å². The zero-order valence-corrected chi connectivity index (χ0v) is 15.2. The van der Waals surface area contributed by atoms with Crippen molar-refractivity contribution in [2.75, 3.05) is 19.7 Å². The van der Waals surface area contributed by atoms with Crippen LogP contribution in [0.25, 0.3) is 0 Å². The van der Waals surface area contributed by atoms with Gasteiger partial charge in [-0.05, 0) is 24.2 Å². The summed E-state index contributed by atoms with van der Waals surface area (Å²) in [5, 5.41) is 8.86.